The van der Waals surface area contributed by atoms with Gasteiger partial charge in [-0.3, -0.25) is 4.79 Å². The largest absolute Gasteiger partial charge is 0.378 e. The third kappa shape index (κ3) is 6.66. The Hall–Kier alpha value is -0.810. The lowest BCUT2D eigenvalue weighted by Crippen LogP contribution is -2.30. The van der Waals surface area contributed by atoms with Gasteiger partial charge in [0.05, 0.1) is 23.8 Å². The van der Waals surface area contributed by atoms with E-state index in [0.29, 0.717) is 35.4 Å². The molecule has 0 aliphatic heterocycles. The van der Waals surface area contributed by atoms with Crippen molar-refractivity contribution in [2.45, 2.75) is 13.8 Å². The highest BCUT2D eigenvalue weighted by atomic mass is 35.5. The first-order chi connectivity index (χ1) is 10.1. The van der Waals surface area contributed by atoms with E-state index in [1.165, 1.54) is 0 Å². The van der Waals surface area contributed by atoms with Crippen LogP contribution in [0.1, 0.15) is 24.2 Å². The van der Waals surface area contributed by atoms with Crippen LogP contribution < -0.4 is 5.32 Å². The lowest BCUT2D eigenvalue weighted by molar-refractivity contribution is 0.0884. The van der Waals surface area contributed by atoms with E-state index in [1.807, 2.05) is 0 Å². The number of nitrogens with zero attached hydrogens (tertiary/aromatic N) is 1. The van der Waals surface area contributed by atoms with Gasteiger partial charge in [0.15, 0.2) is 0 Å². The maximum absolute atomic E-state index is 11.9. The highest BCUT2D eigenvalue weighted by Crippen LogP contribution is 2.20. The Morgan fingerprint density at radius 2 is 1.95 bits per heavy atom. The van der Waals surface area contributed by atoms with Crippen molar-refractivity contribution in [1.29, 1.82) is 0 Å². The van der Waals surface area contributed by atoms with Crippen LogP contribution in [0.15, 0.2) is 18.2 Å². The minimum Gasteiger partial charge on any atom is -0.378 e. The molecule has 0 aliphatic carbocycles. The van der Waals surface area contributed by atoms with Gasteiger partial charge in [-0.2, -0.15) is 0 Å². The van der Waals surface area contributed by atoms with Crippen molar-refractivity contribution in [2.24, 2.45) is 0 Å². The zero-order valence-electron chi connectivity index (χ0n) is 12.5. The maximum atomic E-state index is 11.9. The minimum atomic E-state index is -0.219. The molecule has 4 nitrogen and oxygen atoms in total. The predicted octanol–water partition coefficient (Wildman–Crippen LogP) is 3.08. The minimum absolute atomic E-state index is 0.219. The van der Waals surface area contributed by atoms with Crippen molar-refractivity contribution in [3.8, 4) is 0 Å². The van der Waals surface area contributed by atoms with Crippen LogP contribution in [0.25, 0.3) is 0 Å². The third-order valence-corrected chi connectivity index (χ3v) is 3.70. The number of hydrogen-bond donors (Lipinski definition) is 1. The predicted molar refractivity (Wildman–Crippen MR) is 87.4 cm³/mol. The Balaban J connectivity index is 2.22. The molecule has 1 amide bonds. The Bertz CT molecular complexity index is 451. The van der Waals surface area contributed by atoms with Crippen LogP contribution in [0, 0.1) is 0 Å². The standard InChI is InChI=1S/C15H22Cl2N2O2/c1-3-19(4-2)8-10-21-9-7-18-15(20)13-6-5-12(16)11-14(13)17/h5-6,11H,3-4,7-10H2,1-2H3,(H,18,20). The fraction of sp³-hybridized carbons (Fsp3) is 0.533. The van der Waals surface area contributed by atoms with E-state index in [-0.39, 0.29) is 5.91 Å². The van der Waals surface area contributed by atoms with Gasteiger partial charge >= 0.3 is 0 Å². The monoisotopic (exact) mass is 332 g/mol. The molecule has 0 saturated heterocycles. The van der Waals surface area contributed by atoms with E-state index in [9.17, 15) is 4.79 Å². The first kappa shape index (κ1) is 18.2. The number of hydrogen-bond acceptors (Lipinski definition) is 3. The quantitative estimate of drug-likeness (QED) is 0.706. The Kier molecular flexibility index (Phi) is 8.69. The Labute approximate surface area is 136 Å². The topological polar surface area (TPSA) is 41.6 Å². The van der Waals surface area contributed by atoms with Crippen LogP contribution in [0.4, 0.5) is 0 Å². The molecule has 0 fully saturated rings. The summed E-state index contributed by atoms with van der Waals surface area (Å²) in [5.41, 5.74) is 0.421. The molecule has 6 heteroatoms. The smallest absolute Gasteiger partial charge is 0.252 e. The summed E-state index contributed by atoms with van der Waals surface area (Å²) in [6.45, 7) is 8.80. The second-order valence-corrected chi connectivity index (χ2v) is 5.36. The summed E-state index contributed by atoms with van der Waals surface area (Å²) < 4.78 is 5.49. The molecule has 0 unspecified atom stereocenters. The van der Waals surface area contributed by atoms with Crippen molar-refractivity contribution >= 4 is 29.1 Å². The van der Waals surface area contributed by atoms with E-state index in [4.69, 9.17) is 27.9 Å². The molecular formula is C15H22Cl2N2O2. The molecule has 118 valence electrons. The molecule has 0 saturated carbocycles. The summed E-state index contributed by atoms with van der Waals surface area (Å²) in [4.78, 5) is 14.2. The van der Waals surface area contributed by atoms with Crippen LogP contribution in [-0.4, -0.2) is 50.2 Å². The SMILES string of the molecule is CCN(CC)CCOCCNC(=O)c1ccc(Cl)cc1Cl. The number of carbonyl (C=O) groups excluding carboxylic acids is 1. The van der Waals surface area contributed by atoms with Gasteiger partial charge in [0.1, 0.15) is 0 Å². The molecular weight excluding hydrogens is 311 g/mol. The normalized spacial score (nSPS) is 10.9. The van der Waals surface area contributed by atoms with Crippen LogP contribution >= 0.6 is 23.2 Å². The van der Waals surface area contributed by atoms with Gasteiger partial charge in [-0.25, -0.2) is 0 Å². The van der Waals surface area contributed by atoms with Gasteiger partial charge in [-0.1, -0.05) is 37.0 Å². The summed E-state index contributed by atoms with van der Waals surface area (Å²) in [7, 11) is 0. The highest BCUT2D eigenvalue weighted by molar-refractivity contribution is 6.36. The van der Waals surface area contributed by atoms with Crippen molar-refractivity contribution in [3.05, 3.63) is 33.8 Å². The molecule has 0 bridgehead atoms. The molecule has 0 radical (unpaired) electrons. The molecule has 1 N–H and O–H groups in total. The van der Waals surface area contributed by atoms with Crippen LogP contribution in [0.5, 0.6) is 0 Å². The van der Waals surface area contributed by atoms with E-state index in [2.05, 4.69) is 24.1 Å². The van der Waals surface area contributed by atoms with Crippen LogP contribution in [0.2, 0.25) is 10.0 Å². The van der Waals surface area contributed by atoms with Crippen molar-refractivity contribution in [1.82, 2.24) is 10.2 Å². The summed E-state index contributed by atoms with van der Waals surface area (Å²) in [6.07, 6.45) is 0. The molecule has 1 aromatic carbocycles. The van der Waals surface area contributed by atoms with Gasteiger partial charge in [0.25, 0.3) is 5.91 Å². The van der Waals surface area contributed by atoms with Crippen molar-refractivity contribution in [3.63, 3.8) is 0 Å². The number of ether oxygens (including phenoxy) is 1. The molecule has 1 aromatic rings. The number of carbonyl (C=O) groups is 1. The molecule has 21 heavy (non-hydrogen) atoms. The number of halogens is 2. The van der Waals surface area contributed by atoms with Gasteiger partial charge < -0.3 is 15.0 Å². The Morgan fingerprint density at radius 3 is 2.57 bits per heavy atom. The van der Waals surface area contributed by atoms with Crippen molar-refractivity contribution < 1.29 is 9.53 Å². The molecule has 0 atom stereocenters. The number of amides is 1. The fourth-order valence-electron chi connectivity index (χ4n) is 1.84. The lowest BCUT2D eigenvalue weighted by Gasteiger charge is -2.17. The van der Waals surface area contributed by atoms with Gasteiger partial charge in [0, 0.05) is 18.1 Å². The fourth-order valence-corrected chi connectivity index (χ4v) is 2.34. The first-order valence-electron chi connectivity index (χ1n) is 7.11. The van der Waals surface area contributed by atoms with E-state index >= 15 is 0 Å². The van der Waals surface area contributed by atoms with Gasteiger partial charge in [0.2, 0.25) is 0 Å². The van der Waals surface area contributed by atoms with Crippen LogP contribution in [-0.2, 0) is 4.74 Å². The number of nitrogens with one attached hydrogen (secondary N) is 1. The van der Waals surface area contributed by atoms with E-state index in [0.717, 1.165) is 19.6 Å². The molecule has 0 heterocycles. The maximum Gasteiger partial charge on any atom is 0.252 e. The second kappa shape index (κ2) is 10.0. The number of likely N-dealkylation sites (N-methyl/N-ethyl adjacent to an activating group) is 1. The average Bonchev–Trinajstić information content (AvgIpc) is 2.46. The van der Waals surface area contributed by atoms with Crippen molar-refractivity contribution in [2.75, 3.05) is 39.4 Å². The summed E-state index contributed by atoms with van der Waals surface area (Å²) in [5.74, 6) is -0.219. The second-order valence-electron chi connectivity index (χ2n) is 4.52. The molecule has 1 rings (SSSR count). The lowest BCUT2D eigenvalue weighted by atomic mass is 10.2. The number of benzene rings is 1. The first-order valence-corrected chi connectivity index (χ1v) is 7.87. The molecule has 0 aliphatic rings. The summed E-state index contributed by atoms with van der Waals surface area (Å²) in [6, 6.07) is 4.81. The summed E-state index contributed by atoms with van der Waals surface area (Å²) >= 11 is 11.8. The zero-order valence-corrected chi connectivity index (χ0v) is 14.0. The van der Waals surface area contributed by atoms with E-state index in [1.54, 1.807) is 18.2 Å². The van der Waals surface area contributed by atoms with E-state index < -0.39 is 0 Å². The van der Waals surface area contributed by atoms with Gasteiger partial charge in [-0.05, 0) is 31.3 Å². The average molecular weight is 333 g/mol. The van der Waals surface area contributed by atoms with Gasteiger partial charge in [-0.15, -0.1) is 0 Å². The highest BCUT2D eigenvalue weighted by Gasteiger charge is 2.09. The third-order valence-electron chi connectivity index (χ3n) is 3.15. The van der Waals surface area contributed by atoms with Crippen LogP contribution in [0.3, 0.4) is 0 Å². The zero-order chi connectivity index (χ0) is 15.7. The Morgan fingerprint density at radius 1 is 1.24 bits per heavy atom. The summed E-state index contributed by atoms with van der Waals surface area (Å²) in [5, 5.41) is 3.63. The molecule has 0 spiro atoms. The molecule has 0 aromatic heterocycles. The number of rotatable bonds is 9.